The number of amides is 2. The number of carbonyl (C=O) groups is 1. The molecule has 2 rings (SSSR count). The van der Waals surface area contributed by atoms with Crippen molar-refractivity contribution in [2.75, 3.05) is 19.0 Å². The Morgan fingerprint density at radius 2 is 2.12 bits per heavy atom. The Labute approximate surface area is 146 Å². The number of ether oxygens (including phenoxy) is 1. The van der Waals surface area contributed by atoms with Gasteiger partial charge in [0.2, 0.25) is 0 Å². The van der Waals surface area contributed by atoms with Crippen LogP contribution in [-0.4, -0.2) is 29.9 Å². The summed E-state index contributed by atoms with van der Waals surface area (Å²) in [6, 6.07) is 5.62. The minimum atomic E-state index is -0.239. The quantitative estimate of drug-likeness (QED) is 0.782. The van der Waals surface area contributed by atoms with Gasteiger partial charge in [-0.3, -0.25) is 0 Å². The molecule has 0 saturated carbocycles. The third kappa shape index (κ3) is 5.19. The average Bonchev–Trinajstić information content (AvgIpc) is 3.04. The number of hydrogen-bond donors (Lipinski definition) is 2. The lowest BCUT2D eigenvalue weighted by Crippen LogP contribution is -2.30. The zero-order valence-corrected chi connectivity index (χ0v) is 15.4. The van der Waals surface area contributed by atoms with Gasteiger partial charge in [-0.2, -0.15) is 0 Å². The summed E-state index contributed by atoms with van der Waals surface area (Å²) in [5, 5.41) is 14.5. The predicted molar refractivity (Wildman–Crippen MR) is 96.9 cm³/mol. The lowest BCUT2D eigenvalue weighted by atomic mass is 9.87. The molecule has 2 amide bonds. The van der Waals surface area contributed by atoms with Gasteiger partial charge in [0.25, 0.3) is 0 Å². The maximum atomic E-state index is 12.1. The Bertz CT molecular complexity index is 666. The standard InChI is InChI=1S/C17H24N4O2S/c1-17(2,3)12-7-8-14(23-4)13(10-12)20-16(22)18-9-5-6-15-21-19-11-24-15/h7-8,10-11H,5-6,9H2,1-4H3,(H2,18,20,22). The van der Waals surface area contributed by atoms with Crippen LogP contribution in [0.25, 0.3) is 0 Å². The molecular formula is C17H24N4O2S. The molecule has 6 nitrogen and oxygen atoms in total. The summed E-state index contributed by atoms with van der Waals surface area (Å²) >= 11 is 1.53. The average molecular weight is 348 g/mol. The van der Waals surface area contributed by atoms with Gasteiger partial charge in [-0.05, 0) is 29.5 Å². The van der Waals surface area contributed by atoms with E-state index in [0.717, 1.165) is 23.4 Å². The second kappa shape index (κ2) is 8.10. The summed E-state index contributed by atoms with van der Waals surface area (Å²) in [7, 11) is 1.59. The highest BCUT2D eigenvalue weighted by Gasteiger charge is 2.16. The Kier molecular flexibility index (Phi) is 6.14. The molecule has 0 unspecified atom stereocenters. The summed E-state index contributed by atoms with van der Waals surface area (Å²) in [4.78, 5) is 12.1. The molecule has 0 aliphatic carbocycles. The van der Waals surface area contributed by atoms with E-state index in [4.69, 9.17) is 4.74 Å². The van der Waals surface area contributed by atoms with Crippen LogP contribution in [0.3, 0.4) is 0 Å². The van der Waals surface area contributed by atoms with Gasteiger partial charge in [0, 0.05) is 13.0 Å². The number of nitrogens with zero attached hydrogens (tertiary/aromatic N) is 2. The zero-order chi connectivity index (χ0) is 17.6. The van der Waals surface area contributed by atoms with Crippen molar-refractivity contribution >= 4 is 23.1 Å². The van der Waals surface area contributed by atoms with E-state index < -0.39 is 0 Å². The lowest BCUT2D eigenvalue weighted by molar-refractivity contribution is 0.252. The van der Waals surface area contributed by atoms with Crippen molar-refractivity contribution in [2.45, 2.75) is 39.0 Å². The number of anilines is 1. The third-order valence-electron chi connectivity index (χ3n) is 3.57. The fourth-order valence-corrected chi connectivity index (χ4v) is 2.76. The molecule has 0 fully saturated rings. The number of hydrogen-bond acceptors (Lipinski definition) is 5. The van der Waals surface area contributed by atoms with E-state index in [1.807, 2.05) is 18.2 Å². The molecule has 0 aliphatic rings. The molecule has 0 atom stereocenters. The minimum Gasteiger partial charge on any atom is -0.495 e. The summed E-state index contributed by atoms with van der Waals surface area (Å²) in [5.74, 6) is 0.645. The fourth-order valence-electron chi connectivity index (χ4n) is 2.19. The van der Waals surface area contributed by atoms with Crippen molar-refractivity contribution in [3.8, 4) is 5.75 Å². The van der Waals surface area contributed by atoms with Crippen molar-refractivity contribution in [1.29, 1.82) is 0 Å². The second-order valence-corrected chi connectivity index (χ2v) is 7.40. The highest BCUT2D eigenvalue weighted by molar-refractivity contribution is 7.09. The van der Waals surface area contributed by atoms with Crippen LogP contribution in [0.2, 0.25) is 0 Å². The number of benzene rings is 1. The van der Waals surface area contributed by atoms with Crippen LogP contribution >= 0.6 is 11.3 Å². The molecule has 24 heavy (non-hydrogen) atoms. The molecule has 2 aromatic rings. The van der Waals surface area contributed by atoms with Crippen LogP contribution in [0.15, 0.2) is 23.7 Å². The van der Waals surface area contributed by atoms with Crippen molar-refractivity contribution in [2.24, 2.45) is 0 Å². The molecule has 0 saturated heterocycles. The van der Waals surface area contributed by atoms with E-state index in [9.17, 15) is 4.79 Å². The molecule has 130 valence electrons. The van der Waals surface area contributed by atoms with Gasteiger partial charge in [0.1, 0.15) is 16.3 Å². The van der Waals surface area contributed by atoms with Crippen molar-refractivity contribution in [1.82, 2.24) is 15.5 Å². The first-order valence-corrected chi connectivity index (χ1v) is 8.76. The smallest absolute Gasteiger partial charge is 0.319 e. The highest BCUT2D eigenvalue weighted by atomic mass is 32.1. The molecule has 7 heteroatoms. The van der Waals surface area contributed by atoms with Crippen LogP contribution < -0.4 is 15.4 Å². The maximum Gasteiger partial charge on any atom is 0.319 e. The number of carbonyl (C=O) groups excluding carboxylic acids is 1. The normalized spacial score (nSPS) is 11.2. The van der Waals surface area contributed by atoms with Crippen LogP contribution in [0.1, 0.15) is 37.8 Å². The Balaban J connectivity index is 1.90. The number of urea groups is 1. The zero-order valence-electron chi connectivity index (χ0n) is 14.5. The number of methoxy groups -OCH3 is 1. The fraction of sp³-hybridized carbons (Fsp3) is 0.471. The van der Waals surface area contributed by atoms with Crippen LogP contribution in [0.4, 0.5) is 10.5 Å². The topological polar surface area (TPSA) is 76.1 Å². The second-order valence-electron chi connectivity index (χ2n) is 6.48. The number of rotatable bonds is 6. The van der Waals surface area contributed by atoms with E-state index in [-0.39, 0.29) is 11.4 Å². The van der Waals surface area contributed by atoms with Crippen LogP contribution in [0.5, 0.6) is 5.75 Å². The van der Waals surface area contributed by atoms with Gasteiger partial charge in [0.05, 0.1) is 12.8 Å². The molecule has 1 aromatic heterocycles. The molecule has 0 spiro atoms. The van der Waals surface area contributed by atoms with Gasteiger partial charge in [-0.25, -0.2) is 4.79 Å². The van der Waals surface area contributed by atoms with E-state index in [1.54, 1.807) is 12.6 Å². The molecule has 0 aliphatic heterocycles. The summed E-state index contributed by atoms with van der Waals surface area (Å²) in [6.07, 6.45) is 1.63. The van der Waals surface area contributed by atoms with Gasteiger partial charge < -0.3 is 15.4 Å². The predicted octanol–water partition coefficient (Wildman–Crippen LogP) is 3.60. The van der Waals surface area contributed by atoms with Gasteiger partial charge in [-0.15, -0.1) is 21.5 Å². The van der Waals surface area contributed by atoms with E-state index in [0.29, 0.717) is 18.0 Å². The summed E-state index contributed by atoms with van der Waals surface area (Å²) < 4.78 is 5.33. The first kappa shape index (κ1) is 18.2. The van der Waals surface area contributed by atoms with E-state index in [2.05, 4.69) is 41.6 Å². The van der Waals surface area contributed by atoms with Crippen molar-refractivity contribution in [3.05, 3.63) is 34.3 Å². The first-order chi connectivity index (χ1) is 11.4. The lowest BCUT2D eigenvalue weighted by Gasteiger charge is -2.21. The largest absolute Gasteiger partial charge is 0.495 e. The van der Waals surface area contributed by atoms with Gasteiger partial charge >= 0.3 is 6.03 Å². The van der Waals surface area contributed by atoms with Crippen LogP contribution in [-0.2, 0) is 11.8 Å². The Morgan fingerprint density at radius 3 is 2.75 bits per heavy atom. The molecule has 0 bridgehead atoms. The van der Waals surface area contributed by atoms with E-state index >= 15 is 0 Å². The molecule has 0 radical (unpaired) electrons. The Hall–Kier alpha value is -2.15. The Morgan fingerprint density at radius 1 is 1.33 bits per heavy atom. The SMILES string of the molecule is COc1ccc(C(C)(C)C)cc1NC(=O)NCCCc1nncs1. The molecule has 2 N–H and O–H groups in total. The third-order valence-corrected chi connectivity index (χ3v) is 4.33. The first-order valence-electron chi connectivity index (χ1n) is 7.88. The number of aromatic nitrogens is 2. The summed E-state index contributed by atoms with van der Waals surface area (Å²) in [6.45, 7) is 6.97. The van der Waals surface area contributed by atoms with Crippen molar-refractivity contribution in [3.63, 3.8) is 0 Å². The van der Waals surface area contributed by atoms with Gasteiger partial charge in [-0.1, -0.05) is 26.8 Å². The van der Waals surface area contributed by atoms with Crippen LogP contribution in [0, 0.1) is 0 Å². The number of aryl methyl sites for hydroxylation is 1. The highest BCUT2D eigenvalue weighted by Crippen LogP contribution is 2.31. The molecule has 1 heterocycles. The monoisotopic (exact) mass is 348 g/mol. The molecule has 1 aromatic carbocycles. The minimum absolute atomic E-state index is 0.000913. The van der Waals surface area contributed by atoms with Crippen molar-refractivity contribution < 1.29 is 9.53 Å². The number of nitrogens with one attached hydrogen (secondary N) is 2. The maximum absolute atomic E-state index is 12.1. The summed E-state index contributed by atoms with van der Waals surface area (Å²) in [5.41, 5.74) is 3.52. The van der Waals surface area contributed by atoms with Gasteiger partial charge in [0.15, 0.2) is 0 Å². The van der Waals surface area contributed by atoms with E-state index in [1.165, 1.54) is 11.3 Å². The molecular weight excluding hydrogens is 324 g/mol.